The molecule has 33 heavy (non-hydrogen) atoms. The lowest BCUT2D eigenvalue weighted by Gasteiger charge is -2.15. The highest BCUT2D eigenvalue weighted by Crippen LogP contribution is 2.22. The van der Waals surface area contributed by atoms with Gasteiger partial charge in [-0.15, -0.1) is 0 Å². The van der Waals surface area contributed by atoms with Crippen molar-refractivity contribution in [2.24, 2.45) is 0 Å². The number of hydrogen-bond acceptors (Lipinski definition) is 4. The number of carbonyl (C=O) groups is 1. The van der Waals surface area contributed by atoms with Crippen LogP contribution in [0.5, 0.6) is 0 Å². The van der Waals surface area contributed by atoms with Gasteiger partial charge >= 0.3 is 0 Å². The highest BCUT2D eigenvalue weighted by molar-refractivity contribution is 5.95. The zero-order valence-corrected chi connectivity index (χ0v) is 19.0. The van der Waals surface area contributed by atoms with Crippen LogP contribution in [0, 0.1) is 6.92 Å². The van der Waals surface area contributed by atoms with Crippen LogP contribution in [0.1, 0.15) is 34.8 Å². The molecule has 4 rings (SSSR count). The molecule has 0 aliphatic heterocycles. The van der Waals surface area contributed by atoms with E-state index >= 15 is 0 Å². The minimum atomic E-state index is -0.0812. The van der Waals surface area contributed by atoms with Crippen LogP contribution in [-0.4, -0.2) is 21.9 Å². The van der Waals surface area contributed by atoms with Crippen molar-refractivity contribution >= 4 is 17.4 Å². The highest BCUT2D eigenvalue weighted by atomic mass is 16.1. The summed E-state index contributed by atoms with van der Waals surface area (Å²) in [6.45, 7) is 4.10. The van der Waals surface area contributed by atoms with Crippen LogP contribution in [0.2, 0.25) is 0 Å². The van der Waals surface area contributed by atoms with E-state index in [0.29, 0.717) is 11.4 Å². The van der Waals surface area contributed by atoms with Crippen molar-refractivity contribution in [1.82, 2.24) is 15.3 Å². The molecule has 1 atom stereocenters. The number of nitrogens with zero attached hydrogens (tertiary/aromatic N) is 2. The monoisotopic (exact) mass is 436 g/mol. The number of rotatable bonds is 8. The molecular formula is C28H28N4O. The maximum absolute atomic E-state index is 12.8. The first-order valence-electron chi connectivity index (χ1n) is 11.2. The maximum Gasteiger partial charge on any atom is 0.251 e. The molecule has 0 bridgehead atoms. The summed E-state index contributed by atoms with van der Waals surface area (Å²) in [5.74, 6) is 0.595. The van der Waals surface area contributed by atoms with Gasteiger partial charge in [0.2, 0.25) is 0 Å². The molecule has 0 saturated heterocycles. The molecule has 166 valence electrons. The van der Waals surface area contributed by atoms with Crippen LogP contribution in [-0.2, 0) is 6.42 Å². The van der Waals surface area contributed by atoms with E-state index in [1.165, 1.54) is 11.1 Å². The predicted octanol–water partition coefficient (Wildman–Crippen LogP) is 5.95. The Hall–Kier alpha value is -3.99. The molecule has 5 heteroatoms. The molecule has 1 amide bonds. The van der Waals surface area contributed by atoms with Crippen LogP contribution in [0.15, 0.2) is 91.3 Å². The van der Waals surface area contributed by atoms with Crippen LogP contribution >= 0.6 is 0 Å². The molecule has 5 nitrogen and oxygen atoms in total. The van der Waals surface area contributed by atoms with E-state index < -0.39 is 0 Å². The number of aryl methyl sites for hydroxylation is 2. The van der Waals surface area contributed by atoms with Gasteiger partial charge in [0.25, 0.3) is 5.91 Å². The Morgan fingerprint density at radius 2 is 1.73 bits per heavy atom. The van der Waals surface area contributed by atoms with E-state index in [2.05, 4.69) is 51.8 Å². The Morgan fingerprint density at radius 1 is 0.909 bits per heavy atom. The third-order valence-electron chi connectivity index (χ3n) is 5.46. The smallest absolute Gasteiger partial charge is 0.251 e. The number of nitrogens with one attached hydrogen (secondary N) is 2. The predicted molar refractivity (Wildman–Crippen MR) is 134 cm³/mol. The number of aromatic nitrogens is 2. The van der Waals surface area contributed by atoms with Gasteiger partial charge in [-0.05, 0) is 56.5 Å². The third kappa shape index (κ3) is 6.26. The number of hydrogen-bond donors (Lipinski definition) is 2. The van der Waals surface area contributed by atoms with E-state index in [1.54, 1.807) is 6.33 Å². The van der Waals surface area contributed by atoms with Crippen molar-refractivity contribution < 1.29 is 4.79 Å². The largest absolute Gasteiger partial charge is 0.350 e. The van der Waals surface area contributed by atoms with Gasteiger partial charge < -0.3 is 10.6 Å². The molecule has 1 heterocycles. The summed E-state index contributed by atoms with van der Waals surface area (Å²) in [5.41, 5.74) is 5.75. The SMILES string of the molecule is Cc1cccc(-c2cc(Nc3cccc(C(=O)NC(C)CCc4ccccc4)c3)ncn2)c1. The van der Waals surface area contributed by atoms with Gasteiger partial charge in [0.05, 0.1) is 5.69 Å². The van der Waals surface area contributed by atoms with Gasteiger partial charge in [-0.25, -0.2) is 9.97 Å². The van der Waals surface area contributed by atoms with Crippen molar-refractivity contribution in [3.05, 3.63) is 108 Å². The lowest BCUT2D eigenvalue weighted by Crippen LogP contribution is -2.32. The summed E-state index contributed by atoms with van der Waals surface area (Å²) in [5, 5.41) is 6.39. The van der Waals surface area contributed by atoms with Gasteiger partial charge in [0.15, 0.2) is 0 Å². The van der Waals surface area contributed by atoms with Gasteiger partial charge in [-0.1, -0.05) is 60.2 Å². The molecule has 2 N–H and O–H groups in total. The first-order valence-corrected chi connectivity index (χ1v) is 11.2. The second kappa shape index (κ2) is 10.6. The van der Waals surface area contributed by atoms with Crippen LogP contribution in [0.25, 0.3) is 11.3 Å². The Kier molecular flexibility index (Phi) is 7.10. The summed E-state index contributed by atoms with van der Waals surface area (Å²) < 4.78 is 0. The summed E-state index contributed by atoms with van der Waals surface area (Å²) in [6, 6.07) is 28.0. The van der Waals surface area contributed by atoms with Gasteiger partial charge in [-0.2, -0.15) is 0 Å². The minimum Gasteiger partial charge on any atom is -0.350 e. The highest BCUT2D eigenvalue weighted by Gasteiger charge is 2.11. The fraction of sp³-hybridized carbons (Fsp3) is 0.179. The molecule has 1 unspecified atom stereocenters. The Balaban J connectivity index is 1.39. The fourth-order valence-electron chi connectivity index (χ4n) is 3.68. The zero-order valence-electron chi connectivity index (χ0n) is 19.0. The second-order valence-corrected chi connectivity index (χ2v) is 8.26. The first-order chi connectivity index (χ1) is 16.1. The van der Waals surface area contributed by atoms with Crippen molar-refractivity contribution in [1.29, 1.82) is 0 Å². The van der Waals surface area contributed by atoms with Crippen LogP contribution in [0.4, 0.5) is 11.5 Å². The molecular weight excluding hydrogens is 408 g/mol. The minimum absolute atomic E-state index is 0.0769. The Bertz CT molecular complexity index is 1220. The van der Waals surface area contributed by atoms with E-state index in [0.717, 1.165) is 29.8 Å². The van der Waals surface area contributed by atoms with Crippen molar-refractivity contribution in [2.75, 3.05) is 5.32 Å². The van der Waals surface area contributed by atoms with E-state index in [-0.39, 0.29) is 11.9 Å². The van der Waals surface area contributed by atoms with E-state index in [9.17, 15) is 4.79 Å². The topological polar surface area (TPSA) is 66.9 Å². The summed E-state index contributed by atoms with van der Waals surface area (Å²) in [7, 11) is 0. The van der Waals surface area contributed by atoms with Crippen molar-refractivity contribution in [3.8, 4) is 11.3 Å². The van der Waals surface area contributed by atoms with Crippen LogP contribution in [0.3, 0.4) is 0 Å². The molecule has 0 aliphatic carbocycles. The number of anilines is 2. The summed E-state index contributed by atoms with van der Waals surface area (Å²) in [4.78, 5) is 21.5. The molecule has 1 aromatic heterocycles. The lowest BCUT2D eigenvalue weighted by molar-refractivity contribution is 0.0938. The number of carbonyl (C=O) groups excluding carboxylic acids is 1. The van der Waals surface area contributed by atoms with Crippen LogP contribution < -0.4 is 10.6 Å². The van der Waals surface area contributed by atoms with E-state index in [1.807, 2.05) is 67.6 Å². The third-order valence-corrected chi connectivity index (χ3v) is 5.46. The molecule has 0 radical (unpaired) electrons. The zero-order chi connectivity index (χ0) is 23.0. The fourth-order valence-corrected chi connectivity index (χ4v) is 3.68. The average Bonchev–Trinajstić information content (AvgIpc) is 2.84. The number of benzene rings is 3. The van der Waals surface area contributed by atoms with Gasteiger partial charge in [0, 0.05) is 28.9 Å². The normalized spacial score (nSPS) is 11.6. The Morgan fingerprint density at radius 3 is 2.55 bits per heavy atom. The molecule has 0 aliphatic rings. The molecule has 4 aromatic rings. The van der Waals surface area contributed by atoms with Crippen molar-refractivity contribution in [2.45, 2.75) is 32.7 Å². The maximum atomic E-state index is 12.8. The van der Waals surface area contributed by atoms with Gasteiger partial charge in [-0.3, -0.25) is 4.79 Å². The van der Waals surface area contributed by atoms with E-state index in [4.69, 9.17) is 0 Å². The lowest BCUT2D eigenvalue weighted by atomic mass is 10.1. The summed E-state index contributed by atoms with van der Waals surface area (Å²) >= 11 is 0. The number of amides is 1. The van der Waals surface area contributed by atoms with Gasteiger partial charge in [0.1, 0.15) is 12.1 Å². The second-order valence-electron chi connectivity index (χ2n) is 8.26. The Labute approximate surface area is 194 Å². The quantitative estimate of drug-likeness (QED) is 0.358. The molecule has 0 saturated carbocycles. The molecule has 3 aromatic carbocycles. The molecule has 0 fully saturated rings. The van der Waals surface area contributed by atoms with Crippen molar-refractivity contribution in [3.63, 3.8) is 0 Å². The standard InChI is InChI=1S/C28H28N4O/c1-20-8-6-11-23(16-20)26-18-27(30-19-29-26)32-25-13-7-12-24(17-25)28(33)31-21(2)14-15-22-9-4-3-5-10-22/h3-13,16-19,21H,14-15H2,1-2H3,(H,31,33)(H,29,30,32). The average molecular weight is 437 g/mol. The molecule has 0 spiro atoms. The summed E-state index contributed by atoms with van der Waals surface area (Å²) in [6.07, 6.45) is 3.36. The first kappa shape index (κ1) is 22.2.